The molecule has 1 aromatic heterocycles. The number of aliphatic carboxylic acids is 1. The molecule has 4 rings (SSSR count). The monoisotopic (exact) mass is 645 g/mol. The van der Waals surface area contributed by atoms with Crippen LogP contribution in [0.3, 0.4) is 0 Å². The summed E-state index contributed by atoms with van der Waals surface area (Å²) in [5.41, 5.74) is 9.23. The van der Waals surface area contributed by atoms with Crippen LogP contribution in [0.25, 0.3) is 10.9 Å². The number of amides is 3. The number of benzene rings is 3. The van der Waals surface area contributed by atoms with Crippen molar-refractivity contribution in [2.24, 2.45) is 5.73 Å². The minimum atomic E-state index is -1.28. The highest BCUT2D eigenvalue weighted by atomic mass is 32.2. The third-order valence-electron chi connectivity index (χ3n) is 7.60. The number of hydrogen-bond acceptors (Lipinski definition) is 7. The zero-order valence-electron chi connectivity index (χ0n) is 25.4. The van der Waals surface area contributed by atoms with E-state index < -0.39 is 47.9 Å². The van der Waals surface area contributed by atoms with E-state index in [0.29, 0.717) is 16.9 Å². The molecule has 3 aromatic carbocycles. The van der Waals surface area contributed by atoms with Crippen molar-refractivity contribution in [2.45, 2.75) is 49.9 Å². The van der Waals surface area contributed by atoms with Crippen LogP contribution in [0, 0.1) is 0 Å². The van der Waals surface area contributed by atoms with Crippen LogP contribution < -0.4 is 21.7 Å². The molecule has 1 heterocycles. The highest BCUT2D eigenvalue weighted by Crippen LogP contribution is 2.19. The van der Waals surface area contributed by atoms with Crippen molar-refractivity contribution in [1.29, 1.82) is 0 Å². The highest BCUT2D eigenvalue weighted by Gasteiger charge is 2.31. The van der Waals surface area contributed by atoms with Gasteiger partial charge in [0.1, 0.15) is 23.9 Å². The lowest BCUT2D eigenvalue weighted by atomic mass is 10.0. The second-order valence-corrected chi connectivity index (χ2v) is 12.0. The highest BCUT2D eigenvalue weighted by molar-refractivity contribution is 7.98. The van der Waals surface area contributed by atoms with E-state index in [1.807, 2.05) is 60.9 Å². The van der Waals surface area contributed by atoms with Gasteiger partial charge in [-0.3, -0.25) is 14.4 Å². The SMILES string of the molecule is CSCCC(NC(=O)C(N)Cc1ccccc1)C(=O)NC(Cc1ccc(O)cc1)C(=O)NC(Cc1c[nH]c2ccccc12)C(=O)O. The minimum Gasteiger partial charge on any atom is -0.508 e. The van der Waals surface area contributed by atoms with E-state index in [0.717, 1.165) is 16.5 Å². The quantitative estimate of drug-likeness (QED) is 0.0969. The summed E-state index contributed by atoms with van der Waals surface area (Å²) in [4.78, 5) is 55.7. The number of rotatable bonds is 16. The Morgan fingerprint density at radius 3 is 2.07 bits per heavy atom. The molecular formula is C34H39N5O6S. The number of carbonyl (C=O) groups is 4. The van der Waals surface area contributed by atoms with Gasteiger partial charge in [-0.1, -0.05) is 60.7 Å². The Hall–Kier alpha value is -4.81. The number of carboxylic acid groups (broad SMARTS) is 1. The lowest BCUT2D eigenvalue weighted by Gasteiger charge is -2.25. The Bertz CT molecular complexity index is 1630. The smallest absolute Gasteiger partial charge is 0.326 e. The number of carbonyl (C=O) groups excluding carboxylic acids is 3. The van der Waals surface area contributed by atoms with Gasteiger partial charge < -0.3 is 36.9 Å². The van der Waals surface area contributed by atoms with Gasteiger partial charge in [0.25, 0.3) is 0 Å². The Balaban J connectivity index is 1.51. The molecular weight excluding hydrogens is 606 g/mol. The summed E-state index contributed by atoms with van der Waals surface area (Å²) in [7, 11) is 0. The molecule has 4 unspecified atom stereocenters. The molecule has 0 saturated heterocycles. The van der Waals surface area contributed by atoms with E-state index in [-0.39, 0.29) is 31.4 Å². The first-order chi connectivity index (χ1) is 22.1. The number of aromatic hydroxyl groups is 1. The first-order valence-corrected chi connectivity index (χ1v) is 16.3. The van der Waals surface area contributed by atoms with Crippen LogP contribution in [0.5, 0.6) is 5.75 Å². The third kappa shape index (κ3) is 9.59. The van der Waals surface area contributed by atoms with Crippen LogP contribution in [-0.4, -0.2) is 75.1 Å². The Morgan fingerprint density at radius 1 is 0.761 bits per heavy atom. The molecule has 242 valence electrons. The number of nitrogens with two attached hydrogens (primary N) is 1. The van der Waals surface area contributed by atoms with Crippen molar-refractivity contribution in [1.82, 2.24) is 20.9 Å². The molecule has 11 nitrogen and oxygen atoms in total. The third-order valence-corrected chi connectivity index (χ3v) is 8.25. The fourth-order valence-electron chi connectivity index (χ4n) is 5.09. The molecule has 46 heavy (non-hydrogen) atoms. The van der Waals surface area contributed by atoms with Gasteiger partial charge in [0.05, 0.1) is 6.04 Å². The van der Waals surface area contributed by atoms with Crippen LogP contribution >= 0.6 is 11.8 Å². The zero-order chi connectivity index (χ0) is 33.1. The number of aromatic nitrogens is 1. The molecule has 12 heteroatoms. The normalized spacial score (nSPS) is 13.7. The summed E-state index contributed by atoms with van der Waals surface area (Å²) in [6.07, 6.45) is 4.17. The van der Waals surface area contributed by atoms with E-state index in [4.69, 9.17) is 5.73 Å². The molecule has 0 aliphatic carbocycles. The molecule has 0 fully saturated rings. The molecule has 0 saturated carbocycles. The summed E-state index contributed by atoms with van der Waals surface area (Å²) in [6, 6.07) is 18.5. The van der Waals surface area contributed by atoms with Gasteiger partial charge in [-0.25, -0.2) is 4.79 Å². The average Bonchev–Trinajstić information content (AvgIpc) is 3.46. The van der Waals surface area contributed by atoms with Crippen molar-refractivity contribution in [3.63, 3.8) is 0 Å². The number of nitrogens with one attached hydrogen (secondary N) is 4. The number of phenols is 1. The summed E-state index contributed by atoms with van der Waals surface area (Å²) in [6.45, 7) is 0. The van der Waals surface area contributed by atoms with Crippen molar-refractivity contribution in [3.05, 3.63) is 102 Å². The second kappa shape index (κ2) is 16.5. The van der Waals surface area contributed by atoms with E-state index in [1.54, 1.807) is 18.3 Å². The standard InChI is InChI=1S/C34H39N5O6S/c1-46-16-15-28(37-31(41)26(35)17-21-7-3-2-4-8-21)32(42)38-29(18-22-11-13-24(40)14-12-22)33(43)39-30(34(44)45)19-23-20-36-27-10-6-5-9-25(23)27/h2-14,20,26,28-30,36,40H,15-19,35H2,1H3,(H,37,41)(H,38,42)(H,39,43)(H,44,45). The maximum atomic E-state index is 13.7. The van der Waals surface area contributed by atoms with Crippen molar-refractivity contribution in [2.75, 3.05) is 12.0 Å². The van der Waals surface area contributed by atoms with Gasteiger partial charge in [0.2, 0.25) is 17.7 Å². The summed E-state index contributed by atoms with van der Waals surface area (Å²) in [5, 5.41) is 28.7. The second-order valence-electron chi connectivity index (χ2n) is 11.0. The maximum absolute atomic E-state index is 13.7. The molecule has 3 amide bonds. The molecule has 0 radical (unpaired) electrons. The Kier molecular flexibility index (Phi) is 12.2. The van der Waals surface area contributed by atoms with Crippen LogP contribution in [0.2, 0.25) is 0 Å². The summed E-state index contributed by atoms with van der Waals surface area (Å²) >= 11 is 1.50. The number of phenolic OH excluding ortho intramolecular Hbond substituents is 1. The lowest BCUT2D eigenvalue weighted by Crippen LogP contribution is -2.58. The summed E-state index contributed by atoms with van der Waals surface area (Å²) < 4.78 is 0. The van der Waals surface area contributed by atoms with E-state index in [1.165, 1.54) is 23.9 Å². The molecule has 4 atom stereocenters. The van der Waals surface area contributed by atoms with Gasteiger partial charge in [-0.2, -0.15) is 11.8 Å². The average molecular weight is 646 g/mol. The first kappa shape index (κ1) is 34.1. The van der Waals surface area contributed by atoms with Gasteiger partial charge in [-0.05, 0) is 59.7 Å². The van der Waals surface area contributed by atoms with Gasteiger partial charge in [0.15, 0.2) is 0 Å². The maximum Gasteiger partial charge on any atom is 0.326 e. The summed E-state index contributed by atoms with van der Waals surface area (Å²) in [5.74, 6) is -2.46. The van der Waals surface area contributed by atoms with Crippen LogP contribution in [-0.2, 0) is 38.4 Å². The number of thioether (sulfide) groups is 1. The molecule has 4 aromatic rings. The minimum absolute atomic E-state index is 0.00793. The Morgan fingerprint density at radius 2 is 1.37 bits per heavy atom. The van der Waals surface area contributed by atoms with Gasteiger partial charge in [-0.15, -0.1) is 0 Å². The molecule has 0 aliphatic heterocycles. The topological polar surface area (TPSA) is 187 Å². The first-order valence-electron chi connectivity index (χ1n) is 14.9. The van der Waals surface area contributed by atoms with Crippen molar-refractivity contribution < 1.29 is 29.4 Å². The molecule has 8 N–H and O–H groups in total. The molecule has 0 bridgehead atoms. The van der Waals surface area contributed by atoms with Crippen molar-refractivity contribution in [3.8, 4) is 5.75 Å². The number of hydrogen-bond donors (Lipinski definition) is 7. The van der Waals surface area contributed by atoms with Gasteiger partial charge in [0, 0.05) is 29.9 Å². The number of aromatic amines is 1. The van der Waals surface area contributed by atoms with Crippen LogP contribution in [0.15, 0.2) is 85.1 Å². The van der Waals surface area contributed by atoms with Gasteiger partial charge >= 0.3 is 5.97 Å². The molecule has 0 spiro atoms. The zero-order valence-corrected chi connectivity index (χ0v) is 26.3. The fourth-order valence-corrected chi connectivity index (χ4v) is 5.56. The van der Waals surface area contributed by atoms with Crippen LogP contribution in [0.4, 0.5) is 0 Å². The largest absolute Gasteiger partial charge is 0.508 e. The van der Waals surface area contributed by atoms with E-state index in [9.17, 15) is 29.4 Å². The number of para-hydroxylation sites is 1. The predicted octanol–water partition coefficient (Wildman–Crippen LogP) is 2.52. The number of fused-ring (bicyclic) bond motifs is 1. The molecule has 0 aliphatic rings. The number of carboxylic acids is 1. The van der Waals surface area contributed by atoms with Crippen molar-refractivity contribution >= 4 is 46.4 Å². The van der Waals surface area contributed by atoms with E-state index >= 15 is 0 Å². The van der Waals surface area contributed by atoms with E-state index in [2.05, 4.69) is 20.9 Å². The number of H-pyrrole nitrogens is 1. The fraction of sp³-hybridized carbons (Fsp3) is 0.294. The van der Waals surface area contributed by atoms with Crippen LogP contribution in [0.1, 0.15) is 23.1 Å². The lowest BCUT2D eigenvalue weighted by molar-refractivity contribution is -0.142. The predicted molar refractivity (Wildman–Crippen MR) is 178 cm³/mol. The Labute approximate surface area is 271 Å².